The summed E-state index contributed by atoms with van der Waals surface area (Å²) in [6.07, 6.45) is 4.97. The van der Waals surface area contributed by atoms with Gasteiger partial charge in [-0.3, -0.25) is 9.78 Å². The van der Waals surface area contributed by atoms with E-state index in [9.17, 15) is 9.90 Å². The molecule has 1 amide bonds. The van der Waals surface area contributed by atoms with Crippen molar-refractivity contribution in [2.75, 3.05) is 26.8 Å². The molecule has 26 heavy (non-hydrogen) atoms. The highest BCUT2D eigenvalue weighted by atomic mass is 16.5. The molecule has 1 N–H and O–H groups in total. The second-order valence-corrected chi connectivity index (χ2v) is 7.80. The lowest BCUT2D eigenvalue weighted by atomic mass is 9.68. The fourth-order valence-electron chi connectivity index (χ4n) is 4.47. The van der Waals surface area contributed by atoms with E-state index in [0.717, 1.165) is 36.6 Å². The second kappa shape index (κ2) is 6.97. The Labute approximate surface area is 154 Å². The summed E-state index contributed by atoms with van der Waals surface area (Å²) in [5.74, 6) is 0.219. The SMILES string of the molecule is COCC1(C(=O)N2CC(O)C(Cc3ccnc4ccccc34)C2)CCC1. The van der Waals surface area contributed by atoms with Crippen LogP contribution in [0.3, 0.4) is 0 Å². The predicted molar refractivity (Wildman–Crippen MR) is 99.7 cm³/mol. The van der Waals surface area contributed by atoms with Crippen LogP contribution in [-0.2, 0) is 16.0 Å². The summed E-state index contributed by atoms with van der Waals surface area (Å²) in [7, 11) is 1.66. The minimum absolute atomic E-state index is 0.0597. The largest absolute Gasteiger partial charge is 0.391 e. The molecule has 2 unspecified atom stereocenters. The minimum atomic E-state index is -0.481. The molecule has 138 valence electrons. The number of carbonyl (C=O) groups is 1. The van der Waals surface area contributed by atoms with Gasteiger partial charge in [0.25, 0.3) is 0 Å². The van der Waals surface area contributed by atoms with Crippen molar-refractivity contribution in [2.24, 2.45) is 11.3 Å². The van der Waals surface area contributed by atoms with Crippen LogP contribution in [0.4, 0.5) is 0 Å². The molecule has 1 aliphatic carbocycles. The molecule has 1 saturated carbocycles. The number of carbonyl (C=O) groups excluding carboxylic acids is 1. The standard InChI is InChI=1S/C21H26N2O3/c1-26-14-21(8-4-9-21)20(25)23-12-16(19(24)13-23)11-15-7-10-22-18-6-3-2-5-17(15)18/h2-3,5-7,10,16,19,24H,4,8-9,11-14H2,1H3. The van der Waals surface area contributed by atoms with E-state index in [1.165, 1.54) is 5.56 Å². The Kier molecular flexibility index (Phi) is 4.67. The summed E-state index contributed by atoms with van der Waals surface area (Å²) in [5.41, 5.74) is 1.80. The molecular formula is C21H26N2O3. The first-order chi connectivity index (χ1) is 12.6. The van der Waals surface area contributed by atoms with Crippen molar-refractivity contribution >= 4 is 16.8 Å². The number of hydrogen-bond donors (Lipinski definition) is 1. The van der Waals surface area contributed by atoms with E-state index in [0.29, 0.717) is 19.7 Å². The number of methoxy groups -OCH3 is 1. The Morgan fingerprint density at radius 2 is 2.12 bits per heavy atom. The number of fused-ring (bicyclic) bond motifs is 1. The van der Waals surface area contributed by atoms with Gasteiger partial charge >= 0.3 is 0 Å². The maximum atomic E-state index is 13.0. The maximum Gasteiger partial charge on any atom is 0.231 e. The van der Waals surface area contributed by atoms with Gasteiger partial charge in [-0.2, -0.15) is 0 Å². The number of likely N-dealkylation sites (tertiary alicyclic amines) is 1. The van der Waals surface area contributed by atoms with Crippen LogP contribution in [0, 0.1) is 11.3 Å². The molecule has 0 spiro atoms. The van der Waals surface area contributed by atoms with E-state index in [4.69, 9.17) is 4.74 Å². The van der Waals surface area contributed by atoms with Crippen molar-refractivity contribution in [3.05, 3.63) is 42.1 Å². The monoisotopic (exact) mass is 354 g/mol. The maximum absolute atomic E-state index is 13.0. The number of benzene rings is 1. The second-order valence-electron chi connectivity index (χ2n) is 7.80. The third kappa shape index (κ3) is 2.99. The van der Waals surface area contributed by atoms with Gasteiger partial charge in [0.05, 0.1) is 23.6 Å². The quantitative estimate of drug-likeness (QED) is 0.896. The molecule has 1 aromatic heterocycles. The van der Waals surface area contributed by atoms with Gasteiger partial charge in [0.2, 0.25) is 5.91 Å². The number of aromatic nitrogens is 1. The van der Waals surface area contributed by atoms with Gasteiger partial charge in [-0.05, 0) is 37.0 Å². The summed E-state index contributed by atoms with van der Waals surface area (Å²) in [6, 6.07) is 10.1. The molecular weight excluding hydrogens is 328 g/mol. The third-order valence-corrected chi connectivity index (χ3v) is 6.10. The molecule has 5 heteroatoms. The first-order valence-electron chi connectivity index (χ1n) is 9.42. The fourth-order valence-corrected chi connectivity index (χ4v) is 4.47. The highest BCUT2D eigenvalue weighted by Gasteiger charge is 2.48. The van der Waals surface area contributed by atoms with E-state index >= 15 is 0 Å². The molecule has 2 aliphatic rings. The molecule has 2 fully saturated rings. The van der Waals surface area contributed by atoms with Crippen LogP contribution < -0.4 is 0 Å². The zero-order chi connectivity index (χ0) is 18.1. The molecule has 0 radical (unpaired) electrons. The van der Waals surface area contributed by atoms with Gasteiger partial charge in [-0.1, -0.05) is 24.6 Å². The lowest BCUT2D eigenvalue weighted by molar-refractivity contribution is -0.151. The van der Waals surface area contributed by atoms with Gasteiger partial charge < -0.3 is 14.7 Å². The highest BCUT2D eigenvalue weighted by Crippen LogP contribution is 2.43. The van der Waals surface area contributed by atoms with E-state index in [2.05, 4.69) is 11.1 Å². The van der Waals surface area contributed by atoms with Crippen molar-refractivity contribution < 1.29 is 14.6 Å². The molecule has 0 bridgehead atoms. The average Bonchev–Trinajstić information content (AvgIpc) is 2.98. The number of pyridine rings is 1. The molecule has 2 aromatic rings. The number of amides is 1. The number of β-amino-alcohol motifs (C(OH)–C–C–N with tert-alkyl or cyclic N) is 1. The predicted octanol–water partition coefficient (Wildman–Crippen LogP) is 2.41. The van der Waals surface area contributed by atoms with Crippen molar-refractivity contribution in [1.29, 1.82) is 0 Å². The number of ether oxygens (including phenoxy) is 1. The molecule has 1 saturated heterocycles. The lowest BCUT2D eigenvalue weighted by Gasteiger charge is -2.42. The normalized spacial score (nSPS) is 24.6. The smallest absolute Gasteiger partial charge is 0.231 e. The van der Waals surface area contributed by atoms with Crippen LogP contribution in [0.5, 0.6) is 0 Å². The van der Waals surface area contributed by atoms with Crippen LogP contribution in [0.25, 0.3) is 10.9 Å². The highest BCUT2D eigenvalue weighted by molar-refractivity contribution is 5.84. The first kappa shape index (κ1) is 17.4. The number of rotatable bonds is 5. The Morgan fingerprint density at radius 1 is 1.31 bits per heavy atom. The molecule has 2 atom stereocenters. The Morgan fingerprint density at radius 3 is 2.85 bits per heavy atom. The zero-order valence-corrected chi connectivity index (χ0v) is 15.2. The number of nitrogens with zero attached hydrogens (tertiary/aromatic N) is 2. The molecule has 1 aromatic carbocycles. The van der Waals surface area contributed by atoms with Crippen molar-refractivity contribution in [3.8, 4) is 0 Å². The topological polar surface area (TPSA) is 62.7 Å². The van der Waals surface area contributed by atoms with Crippen LogP contribution in [0.2, 0.25) is 0 Å². The summed E-state index contributed by atoms with van der Waals surface area (Å²) >= 11 is 0. The van der Waals surface area contributed by atoms with E-state index in [1.807, 2.05) is 35.4 Å². The molecule has 2 heterocycles. The van der Waals surface area contributed by atoms with Crippen LogP contribution in [0.1, 0.15) is 24.8 Å². The summed E-state index contributed by atoms with van der Waals surface area (Å²) in [4.78, 5) is 19.3. The van der Waals surface area contributed by atoms with E-state index < -0.39 is 6.10 Å². The van der Waals surface area contributed by atoms with Gasteiger partial charge in [-0.25, -0.2) is 0 Å². The minimum Gasteiger partial charge on any atom is -0.391 e. The third-order valence-electron chi connectivity index (χ3n) is 6.10. The summed E-state index contributed by atoms with van der Waals surface area (Å²) in [5, 5.41) is 11.7. The average molecular weight is 354 g/mol. The molecule has 1 aliphatic heterocycles. The molecule has 4 rings (SSSR count). The van der Waals surface area contributed by atoms with Crippen LogP contribution in [0.15, 0.2) is 36.5 Å². The summed E-state index contributed by atoms with van der Waals surface area (Å²) in [6.45, 7) is 1.53. The van der Waals surface area contributed by atoms with Crippen molar-refractivity contribution in [3.63, 3.8) is 0 Å². The number of aliphatic hydroxyl groups excluding tert-OH is 1. The van der Waals surface area contributed by atoms with Gasteiger partial charge in [0.15, 0.2) is 0 Å². The Hall–Kier alpha value is -1.98. The molecule has 5 nitrogen and oxygen atoms in total. The van der Waals surface area contributed by atoms with Crippen molar-refractivity contribution in [1.82, 2.24) is 9.88 Å². The number of hydrogen-bond acceptors (Lipinski definition) is 4. The summed E-state index contributed by atoms with van der Waals surface area (Å²) < 4.78 is 5.31. The van der Waals surface area contributed by atoms with Crippen molar-refractivity contribution in [2.45, 2.75) is 31.8 Å². The zero-order valence-electron chi connectivity index (χ0n) is 15.2. The number of aliphatic hydroxyl groups is 1. The van der Waals surface area contributed by atoms with Crippen LogP contribution >= 0.6 is 0 Å². The Balaban J connectivity index is 1.50. The lowest BCUT2D eigenvalue weighted by Crippen LogP contribution is -2.50. The van der Waals surface area contributed by atoms with E-state index in [-0.39, 0.29) is 17.2 Å². The fraction of sp³-hybridized carbons (Fsp3) is 0.524. The Bertz CT molecular complexity index is 797. The number of para-hydroxylation sites is 1. The first-order valence-corrected chi connectivity index (χ1v) is 9.42. The van der Waals surface area contributed by atoms with Gasteiger partial charge in [0.1, 0.15) is 0 Å². The van der Waals surface area contributed by atoms with Crippen LogP contribution in [-0.4, -0.2) is 53.8 Å². The van der Waals surface area contributed by atoms with Gasteiger partial charge in [-0.15, -0.1) is 0 Å². The van der Waals surface area contributed by atoms with E-state index in [1.54, 1.807) is 7.11 Å². The van der Waals surface area contributed by atoms with Gasteiger partial charge in [0, 0.05) is 37.7 Å².